The number of aromatic nitrogens is 2. The summed E-state index contributed by atoms with van der Waals surface area (Å²) in [7, 11) is 1.40. The third-order valence-electron chi connectivity index (χ3n) is 4.30. The van der Waals surface area contributed by atoms with E-state index in [0.717, 1.165) is 5.69 Å². The molecule has 0 spiro atoms. The minimum absolute atomic E-state index is 0.0224. The molecule has 2 heterocycles. The van der Waals surface area contributed by atoms with Crippen molar-refractivity contribution in [2.45, 2.75) is 19.0 Å². The summed E-state index contributed by atoms with van der Waals surface area (Å²) >= 11 is 0. The van der Waals surface area contributed by atoms with Crippen molar-refractivity contribution in [2.24, 2.45) is 5.92 Å². The highest BCUT2D eigenvalue weighted by atomic mass is 19.4. The Morgan fingerprint density at radius 1 is 1.28 bits per heavy atom. The maximum Gasteiger partial charge on any atom is 0.393 e. The first kappa shape index (κ1) is 17.3. The summed E-state index contributed by atoms with van der Waals surface area (Å²) in [5.74, 6) is -1.80. The summed E-state index contributed by atoms with van der Waals surface area (Å²) in [5, 5.41) is 4.23. The van der Waals surface area contributed by atoms with E-state index in [9.17, 15) is 18.0 Å². The van der Waals surface area contributed by atoms with Crippen LogP contribution in [-0.2, 0) is 0 Å². The molecule has 0 aliphatic carbocycles. The summed E-state index contributed by atoms with van der Waals surface area (Å²) < 4.78 is 45.6. The van der Waals surface area contributed by atoms with Gasteiger partial charge in [0, 0.05) is 13.1 Å². The molecule has 1 saturated heterocycles. The minimum Gasteiger partial charge on any atom is -0.493 e. The number of alkyl halides is 3. The molecule has 0 bridgehead atoms. The molecule has 1 unspecified atom stereocenters. The molecular weight excluding hydrogens is 335 g/mol. The lowest BCUT2D eigenvalue weighted by molar-refractivity contribution is -0.184. The van der Waals surface area contributed by atoms with Gasteiger partial charge in [-0.15, -0.1) is 0 Å². The number of halogens is 3. The van der Waals surface area contributed by atoms with Crippen LogP contribution in [0.3, 0.4) is 0 Å². The van der Waals surface area contributed by atoms with Crippen LogP contribution >= 0.6 is 0 Å². The molecule has 1 aliphatic heterocycles. The average molecular weight is 353 g/mol. The number of carbonyl (C=O) groups is 1. The second kappa shape index (κ2) is 6.78. The summed E-state index contributed by atoms with van der Waals surface area (Å²) in [4.78, 5) is 13.9. The molecule has 2 aromatic rings. The van der Waals surface area contributed by atoms with E-state index in [2.05, 4.69) is 5.10 Å². The van der Waals surface area contributed by atoms with Gasteiger partial charge in [0.25, 0.3) is 5.91 Å². The van der Waals surface area contributed by atoms with Gasteiger partial charge in [0.2, 0.25) is 0 Å². The van der Waals surface area contributed by atoms with E-state index in [1.165, 1.54) is 16.7 Å². The van der Waals surface area contributed by atoms with Crippen molar-refractivity contribution in [1.29, 1.82) is 0 Å². The fourth-order valence-corrected chi connectivity index (χ4v) is 2.95. The maximum absolute atomic E-state index is 13.0. The van der Waals surface area contributed by atoms with E-state index in [-0.39, 0.29) is 31.0 Å². The fourth-order valence-electron chi connectivity index (χ4n) is 2.95. The molecule has 1 aliphatic rings. The first-order valence-corrected chi connectivity index (χ1v) is 7.95. The van der Waals surface area contributed by atoms with Gasteiger partial charge in [-0.1, -0.05) is 18.2 Å². The number of methoxy groups -OCH3 is 1. The molecule has 0 N–H and O–H groups in total. The number of likely N-dealkylation sites (tertiary alicyclic amines) is 1. The van der Waals surface area contributed by atoms with Crippen molar-refractivity contribution in [2.75, 3.05) is 20.2 Å². The molecule has 0 saturated carbocycles. The summed E-state index contributed by atoms with van der Waals surface area (Å²) in [5.41, 5.74) is 0.751. The molecule has 1 amide bonds. The van der Waals surface area contributed by atoms with Gasteiger partial charge in [0.15, 0.2) is 11.4 Å². The van der Waals surface area contributed by atoms with E-state index in [1.54, 1.807) is 18.3 Å². The zero-order chi connectivity index (χ0) is 18.0. The van der Waals surface area contributed by atoms with Crippen LogP contribution in [0.4, 0.5) is 13.2 Å². The monoisotopic (exact) mass is 353 g/mol. The van der Waals surface area contributed by atoms with Crippen LogP contribution in [0.2, 0.25) is 0 Å². The number of hydrogen-bond donors (Lipinski definition) is 0. The van der Waals surface area contributed by atoms with Crippen LogP contribution in [0.25, 0.3) is 5.69 Å². The van der Waals surface area contributed by atoms with Crippen molar-refractivity contribution in [1.82, 2.24) is 14.7 Å². The molecule has 1 atom stereocenters. The van der Waals surface area contributed by atoms with Gasteiger partial charge >= 0.3 is 6.18 Å². The number of para-hydroxylation sites is 1. The Morgan fingerprint density at radius 3 is 2.64 bits per heavy atom. The van der Waals surface area contributed by atoms with Crippen molar-refractivity contribution in [3.05, 3.63) is 42.2 Å². The Kier molecular flexibility index (Phi) is 4.69. The van der Waals surface area contributed by atoms with Gasteiger partial charge in [0.05, 0.1) is 24.9 Å². The summed E-state index contributed by atoms with van der Waals surface area (Å²) in [6.45, 7) is -0.0591. The first-order valence-electron chi connectivity index (χ1n) is 7.95. The Hall–Kier alpha value is -2.51. The molecule has 1 fully saturated rings. The van der Waals surface area contributed by atoms with E-state index in [1.807, 2.05) is 18.2 Å². The summed E-state index contributed by atoms with van der Waals surface area (Å²) in [6, 6.07) is 9.11. The zero-order valence-electron chi connectivity index (χ0n) is 13.7. The summed E-state index contributed by atoms with van der Waals surface area (Å²) in [6.07, 6.45) is -2.39. The quantitative estimate of drug-likeness (QED) is 0.851. The van der Waals surface area contributed by atoms with Crippen LogP contribution in [0.1, 0.15) is 23.3 Å². The van der Waals surface area contributed by atoms with E-state index < -0.39 is 18.0 Å². The number of ether oxygens (including phenoxy) is 1. The third kappa shape index (κ3) is 3.62. The highest BCUT2D eigenvalue weighted by molar-refractivity contribution is 5.95. The Bertz CT molecular complexity index is 743. The van der Waals surface area contributed by atoms with E-state index >= 15 is 0 Å². The average Bonchev–Trinajstić information content (AvgIpc) is 3.05. The molecule has 25 heavy (non-hydrogen) atoms. The Labute approximate surface area is 143 Å². The molecule has 134 valence electrons. The van der Waals surface area contributed by atoms with Crippen LogP contribution in [-0.4, -0.2) is 47.0 Å². The van der Waals surface area contributed by atoms with Gasteiger partial charge in [-0.3, -0.25) is 4.79 Å². The van der Waals surface area contributed by atoms with E-state index in [0.29, 0.717) is 6.42 Å². The lowest BCUT2D eigenvalue weighted by Crippen LogP contribution is -2.44. The molecule has 8 heteroatoms. The second-order valence-corrected chi connectivity index (χ2v) is 5.96. The predicted octanol–water partition coefficient (Wildman–Crippen LogP) is 3.30. The van der Waals surface area contributed by atoms with Crippen molar-refractivity contribution in [3.63, 3.8) is 0 Å². The number of amides is 1. The standard InChI is InChI=1S/C17H18F3N3O2/c1-25-14-11-23(13-7-3-2-4-8-13)21-15(14)16(24)22-9-5-6-12(10-22)17(18,19)20/h2-4,7-8,11-12H,5-6,9-10H2,1H3. The highest BCUT2D eigenvalue weighted by Crippen LogP contribution is 2.34. The minimum atomic E-state index is -4.30. The van der Waals surface area contributed by atoms with Gasteiger partial charge in [-0.2, -0.15) is 18.3 Å². The van der Waals surface area contributed by atoms with Gasteiger partial charge < -0.3 is 9.64 Å². The number of hydrogen-bond acceptors (Lipinski definition) is 3. The lowest BCUT2D eigenvalue weighted by Gasteiger charge is -2.33. The van der Waals surface area contributed by atoms with Crippen LogP contribution in [0.15, 0.2) is 36.5 Å². The molecule has 3 rings (SSSR count). The zero-order valence-corrected chi connectivity index (χ0v) is 13.7. The van der Waals surface area contributed by atoms with Crippen LogP contribution < -0.4 is 4.74 Å². The van der Waals surface area contributed by atoms with Crippen molar-refractivity contribution >= 4 is 5.91 Å². The normalized spacial score (nSPS) is 18.2. The lowest BCUT2D eigenvalue weighted by atomic mass is 9.97. The van der Waals surface area contributed by atoms with Crippen molar-refractivity contribution < 1.29 is 22.7 Å². The molecule has 5 nitrogen and oxygen atoms in total. The fraction of sp³-hybridized carbons (Fsp3) is 0.412. The smallest absolute Gasteiger partial charge is 0.393 e. The number of piperidine rings is 1. The van der Waals surface area contributed by atoms with Gasteiger partial charge in [-0.25, -0.2) is 4.68 Å². The first-order chi connectivity index (χ1) is 11.9. The molecular formula is C17H18F3N3O2. The molecule has 1 aromatic carbocycles. The SMILES string of the molecule is COc1cn(-c2ccccc2)nc1C(=O)N1CCCC(C(F)(F)F)C1. The van der Waals surface area contributed by atoms with Gasteiger partial charge in [-0.05, 0) is 25.0 Å². The molecule has 0 radical (unpaired) electrons. The number of benzene rings is 1. The second-order valence-electron chi connectivity index (χ2n) is 5.96. The number of carbonyl (C=O) groups excluding carboxylic acids is 1. The van der Waals surface area contributed by atoms with Crippen LogP contribution in [0, 0.1) is 5.92 Å². The molecule has 1 aromatic heterocycles. The predicted molar refractivity (Wildman–Crippen MR) is 84.8 cm³/mol. The van der Waals surface area contributed by atoms with Gasteiger partial charge in [0.1, 0.15) is 0 Å². The number of nitrogens with zero attached hydrogens (tertiary/aromatic N) is 3. The maximum atomic E-state index is 13.0. The number of rotatable bonds is 3. The topological polar surface area (TPSA) is 47.4 Å². The highest BCUT2D eigenvalue weighted by Gasteiger charge is 2.43. The Morgan fingerprint density at radius 2 is 2.00 bits per heavy atom. The Balaban J connectivity index is 1.85. The van der Waals surface area contributed by atoms with Crippen molar-refractivity contribution in [3.8, 4) is 11.4 Å². The van der Waals surface area contributed by atoms with E-state index in [4.69, 9.17) is 4.74 Å². The third-order valence-corrected chi connectivity index (χ3v) is 4.30. The van der Waals surface area contributed by atoms with Crippen LogP contribution in [0.5, 0.6) is 5.75 Å². The largest absolute Gasteiger partial charge is 0.493 e.